The highest BCUT2D eigenvalue weighted by atomic mass is 79.9. The number of hydrogen-bond donors (Lipinski definition) is 1. The van der Waals surface area contributed by atoms with Gasteiger partial charge in [0.2, 0.25) is 0 Å². The van der Waals surface area contributed by atoms with Crippen LogP contribution in [0.2, 0.25) is 0 Å². The first-order valence-corrected chi connectivity index (χ1v) is 13.1. The van der Waals surface area contributed by atoms with Crippen molar-refractivity contribution in [2.24, 2.45) is 0 Å². The minimum atomic E-state index is -0.247. The van der Waals surface area contributed by atoms with Crippen LogP contribution in [-0.2, 0) is 12.2 Å². The number of carbonyl (C=O) groups is 1. The van der Waals surface area contributed by atoms with Crippen molar-refractivity contribution in [2.75, 3.05) is 5.32 Å². The molecule has 33 heavy (non-hydrogen) atoms. The van der Waals surface area contributed by atoms with Gasteiger partial charge in [-0.05, 0) is 53.9 Å². The SMILES string of the molecule is CCc1ccc(NC(=O)c2nc(SCc3ccccc3)ncc2Sc2ccc(Br)cc2)cc1. The van der Waals surface area contributed by atoms with E-state index in [1.54, 1.807) is 6.20 Å². The molecule has 7 heteroatoms. The Morgan fingerprint density at radius 1 is 0.939 bits per heavy atom. The number of nitrogens with zero attached hydrogens (tertiary/aromatic N) is 2. The predicted molar refractivity (Wildman–Crippen MR) is 140 cm³/mol. The van der Waals surface area contributed by atoms with Gasteiger partial charge in [-0.25, -0.2) is 9.97 Å². The van der Waals surface area contributed by atoms with E-state index in [-0.39, 0.29) is 5.91 Å². The van der Waals surface area contributed by atoms with E-state index in [1.807, 2.05) is 66.7 Å². The van der Waals surface area contributed by atoms with Crippen LogP contribution in [0.5, 0.6) is 0 Å². The van der Waals surface area contributed by atoms with Crippen LogP contribution in [0.4, 0.5) is 5.69 Å². The largest absolute Gasteiger partial charge is 0.321 e. The van der Waals surface area contributed by atoms with Crippen LogP contribution in [0, 0.1) is 0 Å². The summed E-state index contributed by atoms with van der Waals surface area (Å²) >= 11 is 6.45. The molecule has 0 atom stereocenters. The smallest absolute Gasteiger partial charge is 0.275 e. The van der Waals surface area contributed by atoms with Gasteiger partial charge in [0.25, 0.3) is 5.91 Å². The number of carbonyl (C=O) groups excluding carboxylic acids is 1. The molecule has 166 valence electrons. The molecule has 0 saturated carbocycles. The van der Waals surface area contributed by atoms with Crippen molar-refractivity contribution >= 4 is 51.0 Å². The number of aryl methyl sites for hydroxylation is 1. The molecule has 4 aromatic rings. The zero-order valence-electron chi connectivity index (χ0n) is 18.0. The lowest BCUT2D eigenvalue weighted by molar-refractivity contribution is 0.101. The van der Waals surface area contributed by atoms with Crippen molar-refractivity contribution in [1.82, 2.24) is 9.97 Å². The third-order valence-corrected chi connectivity index (χ3v) is 7.31. The normalized spacial score (nSPS) is 10.7. The first-order chi connectivity index (χ1) is 16.1. The lowest BCUT2D eigenvalue weighted by Crippen LogP contribution is -2.16. The van der Waals surface area contributed by atoms with Gasteiger partial charge in [0, 0.05) is 27.0 Å². The van der Waals surface area contributed by atoms with Crippen molar-refractivity contribution < 1.29 is 4.79 Å². The summed E-state index contributed by atoms with van der Waals surface area (Å²) in [6.45, 7) is 2.11. The minimum Gasteiger partial charge on any atom is -0.321 e. The van der Waals surface area contributed by atoms with Crippen LogP contribution in [0.25, 0.3) is 0 Å². The Balaban J connectivity index is 1.58. The molecule has 0 aliphatic carbocycles. The van der Waals surface area contributed by atoms with E-state index < -0.39 is 0 Å². The number of hydrogen-bond acceptors (Lipinski definition) is 5. The van der Waals surface area contributed by atoms with Gasteiger partial charge in [-0.1, -0.05) is 88.8 Å². The molecule has 0 aliphatic rings. The molecule has 3 aromatic carbocycles. The summed E-state index contributed by atoms with van der Waals surface area (Å²) in [6, 6.07) is 26.0. The number of benzene rings is 3. The maximum Gasteiger partial charge on any atom is 0.275 e. The second-order valence-corrected chi connectivity index (χ2v) is 10.2. The van der Waals surface area contributed by atoms with Gasteiger partial charge >= 0.3 is 0 Å². The van der Waals surface area contributed by atoms with Gasteiger partial charge in [0.15, 0.2) is 5.16 Å². The van der Waals surface area contributed by atoms with Gasteiger partial charge in [0.1, 0.15) is 5.69 Å². The summed E-state index contributed by atoms with van der Waals surface area (Å²) in [5.74, 6) is 0.488. The van der Waals surface area contributed by atoms with Crippen molar-refractivity contribution in [1.29, 1.82) is 0 Å². The molecule has 1 amide bonds. The lowest BCUT2D eigenvalue weighted by Gasteiger charge is -2.11. The Morgan fingerprint density at radius 2 is 1.67 bits per heavy atom. The number of rotatable bonds is 8. The fourth-order valence-electron chi connectivity index (χ4n) is 3.03. The average Bonchev–Trinajstić information content (AvgIpc) is 2.86. The van der Waals surface area contributed by atoms with E-state index >= 15 is 0 Å². The van der Waals surface area contributed by atoms with E-state index in [0.717, 1.165) is 27.2 Å². The highest BCUT2D eigenvalue weighted by molar-refractivity contribution is 9.10. The molecular weight excluding hydrogens is 514 g/mol. The van der Waals surface area contributed by atoms with Crippen LogP contribution < -0.4 is 5.32 Å². The Labute approximate surface area is 210 Å². The fourth-order valence-corrected chi connectivity index (χ4v) is 4.93. The van der Waals surface area contributed by atoms with Gasteiger partial charge in [0.05, 0.1) is 4.90 Å². The maximum absolute atomic E-state index is 13.2. The van der Waals surface area contributed by atoms with Crippen molar-refractivity contribution in [3.8, 4) is 0 Å². The number of aromatic nitrogens is 2. The number of amides is 1. The molecule has 0 spiro atoms. The minimum absolute atomic E-state index is 0.247. The van der Waals surface area contributed by atoms with Gasteiger partial charge in [-0.2, -0.15) is 0 Å². The molecule has 1 heterocycles. The molecule has 0 unspecified atom stereocenters. The van der Waals surface area contributed by atoms with Crippen LogP contribution >= 0.6 is 39.5 Å². The molecule has 1 N–H and O–H groups in total. The van der Waals surface area contributed by atoms with Gasteiger partial charge in [-0.15, -0.1) is 0 Å². The standard InChI is InChI=1S/C26H22BrN3OS2/c1-2-18-8-12-21(13-9-18)29-25(31)24-23(33-22-14-10-20(27)11-15-22)16-28-26(30-24)32-17-19-6-4-3-5-7-19/h3-16H,2,17H2,1H3,(H,29,31). The third kappa shape index (κ3) is 6.69. The van der Waals surface area contributed by atoms with E-state index in [0.29, 0.717) is 15.7 Å². The second kappa shape index (κ2) is 11.5. The Hall–Kier alpha value is -2.61. The van der Waals surface area contributed by atoms with E-state index in [1.165, 1.54) is 34.7 Å². The van der Waals surface area contributed by atoms with Crippen LogP contribution in [-0.4, -0.2) is 15.9 Å². The average molecular weight is 537 g/mol. The zero-order valence-corrected chi connectivity index (χ0v) is 21.2. The number of thioether (sulfide) groups is 1. The molecule has 0 radical (unpaired) electrons. The van der Waals surface area contributed by atoms with Crippen LogP contribution in [0.3, 0.4) is 0 Å². The first kappa shape index (κ1) is 23.5. The van der Waals surface area contributed by atoms with Crippen molar-refractivity contribution in [3.05, 3.63) is 106 Å². The molecule has 4 rings (SSSR count). The topological polar surface area (TPSA) is 54.9 Å². The first-order valence-electron chi connectivity index (χ1n) is 10.5. The van der Waals surface area contributed by atoms with Crippen LogP contribution in [0.15, 0.2) is 104 Å². The van der Waals surface area contributed by atoms with Gasteiger partial charge < -0.3 is 5.32 Å². The monoisotopic (exact) mass is 535 g/mol. The number of anilines is 1. The molecular formula is C26H22BrN3OS2. The summed E-state index contributed by atoms with van der Waals surface area (Å²) in [4.78, 5) is 24.1. The summed E-state index contributed by atoms with van der Waals surface area (Å²) in [6.07, 6.45) is 2.69. The Kier molecular flexibility index (Phi) is 8.20. The van der Waals surface area contributed by atoms with Gasteiger partial charge in [-0.3, -0.25) is 4.79 Å². The summed E-state index contributed by atoms with van der Waals surface area (Å²) in [7, 11) is 0. The highest BCUT2D eigenvalue weighted by Crippen LogP contribution is 2.32. The Bertz CT molecular complexity index is 1220. The molecule has 0 saturated heterocycles. The summed E-state index contributed by atoms with van der Waals surface area (Å²) < 4.78 is 1.00. The predicted octanol–water partition coefficient (Wildman–Crippen LogP) is 7.50. The maximum atomic E-state index is 13.2. The lowest BCUT2D eigenvalue weighted by atomic mass is 10.1. The Morgan fingerprint density at radius 3 is 2.36 bits per heavy atom. The fraction of sp³-hybridized carbons (Fsp3) is 0.115. The molecule has 1 aromatic heterocycles. The number of halogens is 1. The van der Waals surface area contributed by atoms with Crippen molar-refractivity contribution in [3.63, 3.8) is 0 Å². The molecule has 0 fully saturated rings. The summed E-state index contributed by atoms with van der Waals surface area (Å²) in [5, 5.41) is 3.56. The summed E-state index contributed by atoms with van der Waals surface area (Å²) in [5.41, 5.74) is 3.52. The number of nitrogens with one attached hydrogen (secondary N) is 1. The third-order valence-electron chi connectivity index (χ3n) is 4.82. The second-order valence-electron chi connectivity index (χ2n) is 7.20. The van der Waals surface area contributed by atoms with Crippen LogP contribution in [0.1, 0.15) is 28.5 Å². The quantitative estimate of drug-likeness (QED) is 0.187. The molecule has 0 bridgehead atoms. The highest BCUT2D eigenvalue weighted by Gasteiger charge is 2.17. The van der Waals surface area contributed by atoms with E-state index in [2.05, 4.69) is 50.3 Å². The molecule has 0 aliphatic heterocycles. The van der Waals surface area contributed by atoms with E-state index in [4.69, 9.17) is 0 Å². The zero-order chi connectivity index (χ0) is 23.0. The molecule has 4 nitrogen and oxygen atoms in total. The van der Waals surface area contributed by atoms with E-state index in [9.17, 15) is 4.79 Å². The van der Waals surface area contributed by atoms with Crippen molar-refractivity contribution in [2.45, 2.75) is 34.0 Å².